The topological polar surface area (TPSA) is 125 Å². The Hall–Kier alpha value is -4.47. The number of cyclic esters (lactones) is 1. The van der Waals surface area contributed by atoms with E-state index in [1.165, 1.54) is 12.1 Å². The smallest absolute Gasteiger partial charge is 0.316 e. The van der Waals surface area contributed by atoms with Crippen molar-refractivity contribution in [2.45, 2.75) is 114 Å². The summed E-state index contributed by atoms with van der Waals surface area (Å²) < 4.78 is 33.8. The monoisotopic (exact) mass is 710 g/mol. The molecule has 4 rings (SSSR count). The minimum Gasteiger partial charge on any atom is -0.507 e. The predicted molar refractivity (Wildman–Crippen MR) is 194 cm³/mol. The number of phenolic OH excluding ortho intramolecular Hbond substituents is 1. The van der Waals surface area contributed by atoms with E-state index < -0.39 is 21.8 Å². The second-order valence-corrected chi connectivity index (χ2v) is 15.1. The highest BCUT2D eigenvalue weighted by molar-refractivity contribution is 5.94. The Balaban J connectivity index is 0.000000268. The molecule has 51 heavy (non-hydrogen) atoms. The zero-order valence-electron chi connectivity index (χ0n) is 32.0. The maximum Gasteiger partial charge on any atom is 0.316 e. The Morgan fingerprint density at radius 2 is 1.25 bits per heavy atom. The van der Waals surface area contributed by atoms with E-state index in [1.54, 1.807) is 42.5 Å². The number of rotatable bonds is 10. The third kappa shape index (κ3) is 12.1. The molecule has 9 nitrogen and oxygen atoms in total. The van der Waals surface area contributed by atoms with Gasteiger partial charge in [-0.25, -0.2) is 4.39 Å². The molecule has 1 atom stereocenters. The molecule has 0 spiro atoms. The molecule has 1 unspecified atom stereocenters. The van der Waals surface area contributed by atoms with E-state index in [0.717, 1.165) is 10.9 Å². The lowest BCUT2D eigenvalue weighted by molar-refractivity contribution is -0.168. The molecule has 0 radical (unpaired) electrons. The number of fused-ring (bicyclic) bond motifs is 1. The van der Waals surface area contributed by atoms with Crippen LogP contribution in [0.1, 0.15) is 107 Å². The van der Waals surface area contributed by atoms with Gasteiger partial charge in [-0.15, -0.1) is 0 Å². The van der Waals surface area contributed by atoms with Gasteiger partial charge >= 0.3 is 23.9 Å². The molecule has 1 aliphatic heterocycles. The van der Waals surface area contributed by atoms with Crippen LogP contribution in [0.2, 0.25) is 0 Å². The number of carbonyl (C=O) groups is 4. The molecule has 1 heterocycles. The first-order valence-corrected chi connectivity index (χ1v) is 17.4. The highest BCUT2D eigenvalue weighted by atomic mass is 19.1. The van der Waals surface area contributed by atoms with Crippen molar-refractivity contribution in [3.05, 3.63) is 72.0 Å². The predicted octanol–water partition coefficient (Wildman–Crippen LogP) is 9.21. The second-order valence-electron chi connectivity index (χ2n) is 15.1. The van der Waals surface area contributed by atoms with Crippen molar-refractivity contribution >= 4 is 34.6 Å². The van der Waals surface area contributed by atoms with Crippen LogP contribution in [0.3, 0.4) is 0 Å². The van der Waals surface area contributed by atoms with Gasteiger partial charge in [-0.3, -0.25) is 19.2 Å². The first-order valence-electron chi connectivity index (χ1n) is 17.4. The molecule has 3 aromatic carbocycles. The van der Waals surface area contributed by atoms with Gasteiger partial charge in [0, 0.05) is 10.8 Å². The fourth-order valence-corrected chi connectivity index (χ4v) is 4.18. The minimum absolute atomic E-state index is 0.185. The molecule has 10 heteroatoms. The molecule has 280 valence electrons. The summed E-state index contributed by atoms with van der Waals surface area (Å²) >= 11 is 0. The van der Waals surface area contributed by atoms with Crippen molar-refractivity contribution in [2.75, 3.05) is 6.61 Å². The van der Waals surface area contributed by atoms with Crippen molar-refractivity contribution < 1.29 is 47.6 Å². The molecular weight excluding hydrogens is 655 g/mol. The van der Waals surface area contributed by atoms with Crippen LogP contribution in [0.4, 0.5) is 4.39 Å². The Morgan fingerprint density at radius 3 is 1.78 bits per heavy atom. The molecule has 3 aromatic rings. The van der Waals surface area contributed by atoms with Crippen molar-refractivity contribution in [3.63, 3.8) is 0 Å². The molecule has 0 amide bonds. The normalized spacial score (nSPS) is 14.7. The highest BCUT2D eigenvalue weighted by Crippen LogP contribution is 2.34. The van der Waals surface area contributed by atoms with Gasteiger partial charge in [-0.1, -0.05) is 57.2 Å². The average Bonchev–Trinajstić information content (AvgIpc) is 3.49. The Bertz CT molecular complexity index is 1660. The molecule has 0 saturated carbocycles. The quantitative estimate of drug-likeness (QED) is 0.125. The van der Waals surface area contributed by atoms with Crippen molar-refractivity contribution in [1.29, 1.82) is 0 Å². The van der Waals surface area contributed by atoms with E-state index in [2.05, 4.69) is 0 Å². The molecule has 0 aromatic heterocycles. The van der Waals surface area contributed by atoms with Crippen LogP contribution in [0, 0.1) is 22.1 Å². The van der Waals surface area contributed by atoms with Crippen LogP contribution in [0.5, 0.6) is 11.5 Å². The Labute approximate surface area is 301 Å². The van der Waals surface area contributed by atoms with Crippen molar-refractivity contribution in [2.24, 2.45) is 16.2 Å². The maximum absolute atomic E-state index is 12.9. The van der Waals surface area contributed by atoms with Gasteiger partial charge in [-0.05, 0) is 104 Å². The molecule has 0 bridgehead atoms. The largest absolute Gasteiger partial charge is 0.507 e. The lowest BCUT2D eigenvalue weighted by Gasteiger charge is -2.30. The van der Waals surface area contributed by atoms with Crippen LogP contribution in [0.25, 0.3) is 10.8 Å². The first kappa shape index (κ1) is 42.7. The van der Waals surface area contributed by atoms with Crippen LogP contribution < -0.4 is 4.74 Å². The van der Waals surface area contributed by atoms with E-state index in [4.69, 9.17) is 18.9 Å². The molecule has 1 N–H and O–H groups in total. The van der Waals surface area contributed by atoms with E-state index >= 15 is 0 Å². The molecule has 1 fully saturated rings. The summed E-state index contributed by atoms with van der Waals surface area (Å²) in [6.07, 6.45) is 1.94. The zero-order valence-corrected chi connectivity index (χ0v) is 32.0. The summed E-state index contributed by atoms with van der Waals surface area (Å²) in [6.45, 7) is 20.7. The number of hydrogen-bond acceptors (Lipinski definition) is 9. The number of ether oxygens (including phenoxy) is 4. The second kappa shape index (κ2) is 17.6. The van der Waals surface area contributed by atoms with Gasteiger partial charge in [0.25, 0.3) is 0 Å². The first-order chi connectivity index (χ1) is 23.6. The summed E-state index contributed by atoms with van der Waals surface area (Å²) in [5, 5.41) is 11.2. The van der Waals surface area contributed by atoms with Crippen LogP contribution in [-0.2, 0) is 39.0 Å². The van der Waals surface area contributed by atoms with Crippen LogP contribution >= 0.6 is 0 Å². The van der Waals surface area contributed by atoms with Crippen molar-refractivity contribution in [1.82, 2.24) is 0 Å². The fourth-order valence-electron chi connectivity index (χ4n) is 4.18. The molecule has 1 saturated heterocycles. The van der Waals surface area contributed by atoms with E-state index in [1.807, 2.05) is 82.2 Å². The zero-order chi connectivity index (χ0) is 38.8. The van der Waals surface area contributed by atoms with E-state index in [0.29, 0.717) is 30.4 Å². The lowest BCUT2D eigenvalue weighted by Crippen LogP contribution is -2.33. The summed E-state index contributed by atoms with van der Waals surface area (Å²) in [5.74, 6) is -0.676. The Kier molecular flexibility index (Phi) is 14.8. The van der Waals surface area contributed by atoms with Crippen LogP contribution in [-0.4, -0.2) is 41.7 Å². The van der Waals surface area contributed by atoms with Gasteiger partial charge in [0.05, 0.1) is 22.7 Å². The molecule has 0 aliphatic carbocycles. The maximum atomic E-state index is 12.9. The van der Waals surface area contributed by atoms with Gasteiger partial charge in [0.1, 0.15) is 35.6 Å². The third-order valence-electron chi connectivity index (χ3n) is 9.36. The number of carbonyl (C=O) groups excluding carboxylic acids is 4. The number of benzene rings is 3. The van der Waals surface area contributed by atoms with Gasteiger partial charge < -0.3 is 24.1 Å². The standard InChI is InChI=1S/C16H18O3.C15H21FO2.C10H16O4/c1-4-16(2,3)15(18)19-14-10-6-7-11-12(14)8-5-9-13(11)17;1-6-14(2,3)13(17)18-15(4,5)11-7-9-12(16)10-8-11;1-4-10(2,3)9(12)14-7-5-8(11)13-6-7/h5-10,17H,4H2,1-3H3;7-10H,6H2,1-5H3;7H,4-6H2,1-3H3. The van der Waals surface area contributed by atoms with Gasteiger partial charge in [0.2, 0.25) is 0 Å². The lowest BCUT2D eigenvalue weighted by atomic mass is 9.89. The van der Waals surface area contributed by atoms with E-state index in [-0.39, 0.29) is 54.6 Å². The summed E-state index contributed by atoms with van der Waals surface area (Å²) in [7, 11) is 0. The third-order valence-corrected chi connectivity index (χ3v) is 9.36. The van der Waals surface area contributed by atoms with Crippen molar-refractivity contribution in [3.8, 4) is 11.5 Å². The van der Waals surface area contributed by atoms with Crippen LogP contribution in [0.15, 0.2) is 60.7 Å². The number of esters is 4. The van der Waals surface area contributed by atoms with E-state index in [9.17, 15) is 28.7 Å². The average molecular weight is 711 g/mol. The number of hydrogen-bond donors (Lipinski definition) is 1. The minimum atomic E-state index is -0.753. The number of halogens is 1. The summed E-state index contributed by atoms with van der Waals surface area (Å²) in [5.41, 5.74) is -1.47. The molecule has 1 aliphatic rings. The van der Waals surface area contributed by atoms with Gasteiger partial charge in [-0.2, -0.15) is 0 Å². The fraction of sp³-hybridized carbons (Fsp3) is 0.512. The Morgan fingerprint density at radius 1 is 0.745 bits per heavy atom. The summed E-state index contributed by atoms with van der Waals surface area (Å²) in [6, 6.07) is 16.5. The molecular formula is C41H55FO9. The number of phenols is 1. The SMILES string of the molecule is CCC(C)(C)C(=O)OC(C)(C)c1ccc(F)cc1.CCC(C)(C)C(=O)OC1COC(=O)C1.CCC(C)(C)C(=O)Oc1cccc2c(O)cccc12. The highest BCUT2D eigenvalue weighted by Gasteiger charge is 2.35. The number of aromatic hydroxyl groups is 1. The van der Waals surface area contributed by atoms with Gasteiger partial charge in [0.15, 0.2) is 0 Å². The summed E-state index contributed by atoms with van der Waals surface area (Å²) in [4.78, 5) is 46.5.